The summed E-state index contributed by atoms with van der Waals surface area (Å²) in [4.78, 5) is 1.85. The summed E-state index contributed by atoms with van der Waals surface area (Å²) in [5.74, 6) is 0. The van der Waals surface area contributed by atoms with E-state index in [9.17, 15) is 13.2 Å². The van der Waals surface area contributed by atoms with Gasteiger partial charge in [0.1, 0.15) is 0 Å². The van der Waals surface area contributed by atoms with Crippen molar-refractivity contribution < 1.29 is 22.6 Å². The Morgan fingerprint density at radius 3 is 2.57 bits per heavy atom. The number of hydrogen-bond donors (Lipinski definition) is 0. The second-order valence-corrected chi connectivity index (χ2v) is 6.85. The van der Waals surface area contributed by atoms with Crippen LogP contribution in [0.2, 0.25) is 0 Å². The van der Waals surface area contributed by atoms with Gasteiger partial charge in [-0.1, -0.05) is 11.3 Å². The van der Waals surface area contributed by atoms with Gasteiger partial charge in [-0.3, -0.25) is 0 Å². The molecule has 130 valence electrons. The molecule has 23 heavy (non-hydrogen) atoms. The van der Waals surface area contributed by atoms with Crippen LogP contribution in [0.4, 0.5) is 18.3 Å². The summed E-state index contributed by atoms with van der Waals surface area (Å²) in [6.45, 7) is 2.71. The number of anilines is 1. The molecule has 0 saturated carbocycles. The third kappa shape index (κ3) is 4.54. The molecule has 1 unspecified atom stereocenters. The van der Waals surface area contributed by atoms with Gasteiger partial charge in [-0.05, 0) is 32.1 Å². The molecule has 9 heteroatoms. The van der Waals surface area contributed by atoms with E-state index in [2.05, 4.69) is 10.2 Å². The smallest absolute Gasteiger partial charge is 0.376 e. The zero-order valence-electron chi connectivity index (χ0n) is 12.7. The molecular formula is C14H20F3N3O2S. The monoisotopic (exact) mass is 351 g/mol. The maximum atomic E-state index is 12.6. The number of piperidine rings is 1. The topological polar surface area (TPSA) is 47.5 Å². The standard InChI is InChI=1S/C14H20F3N3O2S/c15-14(16,17)12-18-19-13(23-12)20-6-4-10(5-7-20)22-9-11-3-1-2-8-21-11/h10-11H,1-9H2. The lowest BCUT2D eigenvalue weighted by Crippen LogP contribution is -2.38. The van der Waals surface area contributed by atoms with Crippen molar-refractivity contribution in [3.8, 4) is 0 Å². The van der Waals surface area contributed by atoms with Gasteiger partial charge in [-0.25, -0.2) is 0 Å². The summed E-state index contributed by atoms with van der Waals surface area (Å²) in [7, 11) is 0. The SMILES string of the molecule is FC(F)(F)c1nnc(N2CCC(OCC3CCCCO3)CC2)s1. The van der Waals surface area contributed by atoms with Crippen molar-refractivity contribution in [2.45, 2.75) is 50.5 Å². The number of hydrogen-bond acceptors (Lipinski definition) is 6. The Bertz CT molecular complexity index is 498. The van der Waals surface area contributed by atoms with Crippen LogP contribution in [-0.2, 0) is 15.7 Å². The molecule has 3 heterocycles. The van der Waals surface area contributed by atoms with Crippen LogP contribution in [0, 0.1) is 0 Å². The van der Waals surface area contributed by atoms with E-state index in [0.717, 1.165) is 32.3 Å². The maximum Gasteiger partial charge on any atom is 0.445 e. The van der Waals surface area contributed by atoms with Crippen molar-refractivity contribution in [3.63, 3.8) is 0 Å². The first-order valence-electron chi connectivity index (χ1n) is 7.91. The van der Waals surface area contributed by atoms with Crippen molar-refractivity contribution in [1.82, 2.24) is 10.2 Å². The zero-order chi connectivity index (χ0) is 16.3. The van der Waals surface area contributed by atoms with Crippen LogP contribution in [0.15, 0.2) is 0 Å². The Morgan fingerprint density at radius 2 is 1.96 bits per heavy atom. The molecular weight excluding hydrogens is 331 g/mol. The molecule has 2 saturated heterocycles. The van der Waals surface area contributed by atoms with E-state index in [1.807, 2.05) is 4.90 Å². The largest absolute Gasteiger partial charge is 0.445 e. The van der Waals surface area contributed by atoms with Gasteiger partial charge in [0.05, 0.1) is 18.8 Å². The van der Waals surface area contributed by atoms with E-state index < -0.39 is 11.2 Å². The summed E-state index contributed by atoms with van der Waals surface area (Å²) in [6, 6.07) is 0. The van der Waals surface area contributed by atoms with Gasteiger partial charge in [0, 0.05) is 19.7 Å². The third-order valence-electron chi connectivity index (χ3n) is 4.16. The Labute approximate surface area is 136 Å². The second kappa shape index (κ2) is 7.31. The lowest BCUT2D eigenvalue weighted by atomic mass is 10.1. The Hall–Kier alpha value is -0.930. The number of aromatic nitrogens is 2. The molecule has 0 spiro atoms. The van der Waals surface area contributed by atoms with Crippen LogP contribution < -0.4 is 4.90 Å². The molecule has 0 bridgehead atoms. The minimum Gasteiger partial charge on any atom is -0.376 e. The lowest BCUT2D eigenvalue weighted by Gasteiger charge is -2.32. The molecule has 2 aliphatic rings. The summed E-state index contributed by atoms with van der Waals surface area (Å²) < 4.78 is 49.2. The first-order valence-corrected chi connectivity index (χ1v) is 8.73. The number of alkyl halides is 3. The van der Waals surface area contributed by atoms with Crippen LogP contribution in [0.5, 0.6) is 0 Å². The van der Waals surface area contributed by atoms with Gasteiger partial charge < -0.3 is 14.4 Å². The highest BCUT2D eigenvalue weighted by Crippen LogP contribution is 2.35. The van der Waals surface area contributed by atoms with Gasteiger partial charge in [0.25, 0.3) is 0 Å². The molecule has 3 rings (SSSR count). The van der Waals surface area contributed by atoms with Crippen molar-refractivity contribution in [2.24, 2.45) is 0 Å². The van der Waals surface area contributed by atoms with Gasteiger partial charge in [-0.15, -0.1) is 10.2 Å². The predicted molar refractivity (Wildman–Crippen MR) is 79.7 cm³/mol. The quantitative estimate of drug-likeness (QED) is 0.834. The van der Waals surface area contributed by atoms with Crippen LogP contribution in [0.1, 0.15) is 37.1 Å². The van der Waals surface area contributed by atoms with Crippen LogP contribution >= 0.6 is 11.3 Å². The summed E-state index contributed by atoms with van der Waals surface area (Å²) in [5.41, 5.74) is 0. The molecule has 1 aromatic rings. The van der Waals surface area contributed by atoms with Crippen molar-refractivity contribution in [3.05, 3.63) is 5.01 Å². The molecule has 1 atom stereocenters. The molecule has 5 nitrogen and oxygen atoms in total. The van der Waals surface area contributed by atoms with Gasteiger partial charge >= 0.3 is 6.18 Å². The maximum absolute atomic E-state index is 12.6. The van der Waals surface area contributed by atoms with Gasteiger partial charge in [0.2, 0.25) is 10.1 Å². The van der Waals surface area contributed by atoms with E-state index in [-0.39, 0.29) is 12.2 Å². The van der Waals surface area contributed by atoms with Gasteiger partial charge in [-0.2, -0.15) is 13.2 Å². The average Bonchev–Trinajstić information content (AvgIpc) is 3.05. The molecule has 0 N–H and O–H groups in total. The fraction of sp³-hybridized carbons (Fsp3) is 0.857. The van der Waals surface area contributed by atoms with E-state index >= 15 is 0 Å². The molecule has 2 aliphatic heterocycles. The fourth-order valence-electron chi connectivity index (χ4n) is 2.85. The molecule has 2 fully saturated rings. The molecule has 0 radical (unpaired) electrons. The number of ether oxygens (including phenoxy) is 2. The molecule has 0 amide bonds. The highest BCUT2D eigenvalue weighted by atomic mass is 32.1. The van der Waals surface area contributed by atoms with Crippen LogP contribution in [0.3, 0.4) is 0 Å². The number of rotatable bonds is 4. The van der Waals surface area contributed by atoms with E-state index in [1.54, 1.807) is 0 Å². The Morgan fingerprint density at radius 1 is 1.17 bits per heavy atom. The fourth-order valence-corrected chi connectivity index (χ4v) is 3.62. The molecule has 0 aliphatic carbocycles. The van der Waals surface area contributed by atoms with E-state index in [0.29, 0.717) is 36.2 Å². The second-order valence-electron chi connectivity index (χ2n) is 5.90. The van der Waals surface area contributed by atoms with E-state index in [1.165, 1.54) is 6.42 Å². The summed E-state index contributed by atoms with van der Waals surface area (Å²) >= 11 is 0.602. The normalized spacial score (nSPS) is 24.1. The third-order valence-corrected chi connectivity index (χ3v) is 5.19. The van der Waals surface area contributed by atoms with E-state index in [4.69, 9.17) is 9.47 Å². The molecule has 1 aromatic heterocycles. The summed E-state index contributed by atoms with van der Waals surface area (Å²) in [6.07, 6.45) is 0.843. The number of nitrogens with zero attached hydrogens (tertiary/aromatic N) is 3. The van der Waals surface area contributed by atoms with Crippen molar-refractivity contribution in [2.75, 3.05) is 31.2 Å². The Kier molecular flexibility index (Phi) is 5.38. The van der Waals surface area contributed by atoms with Gasteiger partial charge in [0.15, 0.2) is 0 Å². The van der Waals surface area contributed by atoms with Crippen LogP contribution in [0.25, 0.3) is 0 Å². The zero-order valence-corrected chi connectivity index (χ0v) is 13.5. The highest BCUT2D eigenvalue weighted by molar-refractivity contribution is 7.15. The average molecular weight is 351 g/mol. The first-order chi connectivity index (χ1) is 11.0. The highest BCUT2D eigenvalue weighted by Gasteiger charge is 2.36. The van der Waals surface area contributed by atoms with Crippen LogP contribution in [-0.4, -0.2) is 48.7 Å². The first kappa shape index (κ1) is 16.9. The summed E-state index contributed by atoms with van der Waals surface area (Å²) in [5, 5.41) is 6.35. The van der Waals surface area contributed by atoms with Crippen molar-refractivity contribution >= 4 is 16.5 Å². The minimum absolute atomic E-state index is 0.145. The predicted octanol–water partition coefficient (Wildman–Crippen LogP) is 3.11. The number of halogens is 3. The minimum atomic E-state index is -4.42. The molecule has 0 aromatic carbocycles. The lowest BCUT2D eigenvalue weighted by molar-refractivity contribution is -0.138. The van der Waals surface area contributed by atoms with Crippen molar-refractivity contribution in [1.29, 1.82) is 0 Å². The Balaban J connectivity index is 1.44.